The predicted octanol–water partition coefficient (Wildman–Crippen LogP) is 6.26. The van der Waals surface area contributed by atoms with Crippen molar-refractivity contribution in [2.45, 2.75) is 56.6 Å². The highest BCUT2D eigenvalue weighted by atomic mass is 35.5. The van der Waals surface area contributed by atoms with Crippen molar-refractivity contribution in [1.82, 2.24) is 5.32 Å². The quantitative estimate of drug-likeness (QED) is 0.391. The number of halogens is 1. The molecule has 0 saturated carbocycles. The number of benzene rings is 3. The van der Waals surface area contributed by atoms with Gasteiger partial charge in [0.15, 0.2) is 0 Å². The van der Waals surface area contributed by atoms with E-state index in [9.17, 15) is 13.2 Å². The smallest absolute Gasteiger partial charge is 0.261 e. The van der Waals surface area contributed by atoms with Gasteiger partial charge in [-0.2, -0.15) is 0 Å². The second-order valence-corrected chi connectivity index (χ2v) is 11.0. The molecule has 3 aromatic carbocycles. The van der Waals surface area contributed by atoms with Crippen molar-refractivity contribution in [1.29, 1.82) is 0 Å². The molecule has 1 unspecified atom stereocenters. The molecular weight excluding hydrogens is 484 g/mol. The van der Waals surface area contributed by atoms with Gasteiger partial charge in [-0.1, -0.05) is 61.3 Å². The summed E-state index contributed by atoms with van der Waals surface area (Å²) < 4.78 is 34.2. The zero-order chi connectivity index (χ0) is 25.2. The van der Waals surface area contributed by atoms with E-state index in [4.69, 9.17) is 16.3 Å². The van der Waals surface area contributed by atoms with Gasteiger partial charge >= 0.3 is 0 Å². The normalized spacial score (nSPS) is 16.6. The fourth-order valence-corrected chi connectivity index (χ4v) is 5.68. The summed E-state index contributed by atoms with van der Waals surface area (Å²) in [5.41, 5.74) is 2.09. The average Bonchev–Trinajstić information content (AvgIpc) is 2.84. The molecule has 35 heavy (non-hydrogen) atoms. The third kappa shape index (κ3) is 5.31. The van der Waals surface area contributed by atoms with Crippen LogP contribution in [0.2, 0.25) is 5.02 Å². The minimum absolute atomic E-state index is 0.148. The molecule has 2 N–H and O–H groups in total. The number of sulfonamides is 1. The number of carbonyl (C=O) groups is 1. The first-order valence-electron chi connectivity index (χ1n) is 11.6. The van der Waals surface area contributed by atoms with Gasteiger partial charge in [-0.15, -0.1) is 0 Å². The number of para-hydroxylation sites is 1. The predicted molar refractivity (Wildman–Crippen MR) is 139 cm³/mol. The van der Waals surface area contributed by atoms with Crippen molar-refractivity contribution in [2.75, 3.05) is 4.72 Å². The second-order valence-electron chi connectivity index (χ2n) is 8.87. The van der Waals surface area contributed by atoms with Crippen molar-refractivity contribution in [3.05, 3.63) is 88.4 Å². The van der Waals surface area contributed by atoms with Crippen LogP contribution in [-0.2, 0) is 10.0 Å². The molecule has 1 atom stereocenters. The SMILES string of the molecule is CCC1(CC)CC(NC(=O)c2ccc(NS(=O)(=O)c3ccc(C)cc3)cc2Cl)c2ccccc2O1. The summed E-state index contributed by atoms with van der Waals surface area (Å²) in [4.78, 5) is 13.4. The summed E-state index contributed by atoms with van der Waals surface area (Å²) >= 11 is 6.43. The standard InChI is InChI=1S/C27H29ClN2O4S/c1-4-27(5-2)17-24(22-8-6-7-9-25(22)34-27)29-26(31)21-15-12-19(16-23(21)28)30-35(32,33)20-13-10-18(3)11-14-20/h6-16,24,30H,4-5,17H2,1-3H3,(H,29,31). The molecule has 3 aromatic rings. The van der Waals surface area contributed by atoms with E-state index < -0.39 is 10.0 Å². The highest BCUT2D eigenvalue weighted by Crippen LogP contribution is 2.42. The average molecular weight is 513 g/mol. The summed E-state index contributed by atoms with van der Waals surface area (Å²) in [5, 5.41) is 3.27. The van der Waals surface area contributed by atoms with Gasteiger partial charge in [-0.3, -0.25) is 9.52 Å². The van der Waals surface area contributed by atoms with E-state index in [1.54, 1.807) is 24.3 Å². The Balaban J connectivity index is 1.54. The van der Waals surface area contributed by atoms with E-state index in [1.807, 2.05) is 31.2 Å². The van der Waals surface area contributed by atoms with Gasteiger partial charge < -0.3 is 10.1 Å². The van der Waals surface area contributed by atoms with Crippen molar-refractivity contribution >= 4 is 33.2 Å². The number of carbonyl (C=O) groups excluding carboxylic acids is 1. The Labute approximate surface area is 211 Å². The molecule has 6 nitrogen and oxygen atoms in total. The zero-order valence-electron chi connectivity index (χ0n) is 20.0. The van der Waals surface area contributed by atoms with Crippen LogP contribution in [0.25, 0.3) is 0 Å². The number of nitrogens with one attached hydrogen (secondary N) is 2. The number of aryl methyl sites for hydroxylation is 1. The molecule has 1 aliphatic rings. The van der Waals surface area contributed by atoms with Crippen LogP contribution in [0.15, 0.2) is 71.6 Å². The summed E-state index contributed by atoms with van der Waals surface area (Å²) in [5.74, 6) is 0.449. The van der Waals surface area contributed by atoms with Gasteiger partial charge in [0.25, 0.3) is 15.9 Å². The van der Waals surface area contributed by atoms with Crippen LogP contribution in [0, 0.1) is 6.92 Å². The number of rotatable bonds is 7. The van der Waals surface area contributed by atoms with E-state index >= 15 is 0 Å². The first kappa shape index (κ1) is 25.1. The van der Waals surface area contributed by atoms with E-state index in [0.29, 0.717) is 6.42 Å². The maximum atomic E-state index is 13.2. The minimum atomic E-state index is -3.78. The van der Waals surface area contributed by atoms with Gasteiger partial charge in [0.1, 0.15) is 11.4 Å². The molecular formula is C27H29ClN2O4S. The highest BCUT2D eigenvalue weighted by Gasteiger charge is 2.39. The fraction of sp³-hybridized carbons (Fsp3) is 0.296. The first-order chi connectivity index (χ1) is 16.7. The lowest BCUT2D eigenvalue weighted by Crippen LogP contribution is -2.44. The van der Waals surface area contributed by atoms with Crippen LogP contribution < -0.4 is 14.8 Å². The monoisotopic (exact) mass is 512 g/mol. The van der Waals surface area contributed by atoms with Crippen LogP contribution in [-0.4, -0.2) is 19.9 Å². The highest BCUT2D eigenvalue weighted by molar-refractivity contribution is 7.92. The second kappa shape index (κ2) is 9.91. The Kier molecular flexibility index (Phi) is 7.10. The van der Waals surface area contributed by atoms with Crippen LogP contribution in [0.3, 0.4) is 0 Å². The molecule has 1 heterocycles. The molecule has 184 valence electrons. The lowest BCUT2D eigenvalue weighted by atomic mass is 9.83. The Hall–Kier alpha value is -3.03. The molecule has 0 aromatic heterocycles. The third-order valence-electron chi connectivity index (χ3n) is 6.59. The summed E-state index contributed by atoms with van der Waals surface area (Å²) in [6, 6.07) is 18.6. The van der Waals surface area contributed by atoms with Gasteiger partial charge in [0.05, 0.1) is 27.2 Å². The van der Waals surface area contributed by atoms with E-state index in [1.165, 1.54) is 18.2 Å². The van der Waals surface area contributed by atoms with Crippen molar-refractivity contribution in [3.8, 4) is 5.75 Å². The van der Waals surface area contributed by atoms with Crippen LogP contribution in [0.1, 0.15) is 60.6 Å². The van der Waals surface area contributed by atoms with E-state index in [0.717, 1.165) is 29.7 Å². The fourth-order valence-electron chi connectivity index (χ4n) is 4.36. The van der Waals surface area contributed by atoms with E-state index in [2.05, 4.69) is 23.9 Å². The minimum Gasteiger partial charge on any atom is -0.487 e. The third-order valence-corrected chi connectivity index (χ3v) is 8.30. The zero-order valence-corrected chi connectivity index (χ0v) is 21.5. The van der Waals surface area contributed by atoms with E-state index in [-0.39, 0.29) is 38.7 Å². The van der Waals surface area contributed by atoms with Gasteiger partial charge in [-0.25, -0.2) is 8.42 Å². The molecule has 1 amide bonds. The van der Waals surface area contributed by atoms with Crippen molar-refractivity contribution in [2.24, 2.45) is 0 Å². The molecule has 0 radical (unpaired) electrons. The summed E-state index contributed by atoms with van der Waals surface area (Å²) in [7, 11) is -3.78. The molecule has 0 spiro atoms. The number of amides is 1. The Bertz CT molecular complexity index is 1340. The molecule has 1 aliphatic heterocycles. The number of ether oxygens (including phenoxy) is 1. The van der Waals surface area contributed by atoms with Crippen molar-refractivity contribution < 1.29 is 17.9 Å². The maximum Gasteiger partial charge on any atom is 0.261 e. The summed E-state index contributed by atoms with van der Waals surface area (Å²) in [6.45, 7) is 6.06. The first-order valence-corrected chi connectivity index (χ1v) is 13.5. The van der Waals surface area contributed by atoms with Crippen LogP contribution in [0.5, 0.6) is 5.75 Å². The molecule has 4 rings (SSSR count). The summed E-state index contributed by atoms with van der Waals surface area (Å²) in [6.07, 6.45) is 2.29. The lowest BCUT2D eigenvalue weighted by Gasteiger charge is -2.41. The Morgan fingerprint density at radius 1 is 1.06 bits per heavy atom. The van der Waals surface area contributed by atoms with Crippen LogP contribution >= 0.6 is 11.6 Å². The largest absolute Gasteiger partial charge is 0.487 e. The topological polar surface area (TPSA) is 84.5 Å². The Morgan fingerprint density at radius 3 is 2.40 bits per heavy atom. The van der Waals surface area contributed by atoms with Gasteiger partial charge in [0, 0.05) is 12.0 Å². The molecule has 0 fully saturated rings. The number of hydrogen-bond acceptors (Lipinski definition) is 4. The molecule has 0 bridgehead atoms. The number of anilines is 1. The number of hydrogen-bond donors (Lipinski definition) is 2. The van der Waals surface area contributed by atoms with Gasteiger partial charge in [0.2, 0.25) is 0 Å². The van der Waals surface area contributed by atoms with Gasteiger partial charge in [-0.05, 0) is 56.2 Å². The maximum absolute atomic E-state index is 13.2. The van der Waals surface area contributed by atoms with Crippen molar-refractivity contribution in [3.63, 3.8) is 0 Å². The molecule has 0 aliphatic carbocycles. The van der Waals surface area contributed by atoms with Crippen LogP contribution in [0.4, 0.5) is 5.69 Å². The number of fused-ring (bicyclic) bond motifs is 1. The lowest BCUT2D eigenvalue weighted by molar-refractivity contribution is 0.0227. The Morgan fingerprint density at radius 2 is 1.74 bits per heavy atom. The molecule has 0 saturated heterocycles. The molecule has 8 heteroatoms.